The number of aliphatic imine (C=N–C) groups is 1. The van der Waals surface area contributed by atoms with Crippen LogP contribution in [0.15, 0.2) is 23.2 Å². The van der Waals surface area contributed by atoms with Crippen molar-refractivity contribution in [3.8, 4) is 0 Å². The molecule has 0 radical (unpaired) electrons. The molecule has 1 N–H and O–H groups in total. The molecular weight excluding hydrogens is 404 g/mol. The summed E-state index contributed by atoms with van der Waals surface area (Å²) >= 11 is 0. The number of hydrogen-bond acceptors (Lipinski definition) is 4. The summed E-state index contributed by atoms with van der Waals surface area (Å²) in [5.41, 5.74) is 3.07. The monoisotopic (exact) mass is 434 g/mol. The lowest BCUT2D eigenvalue weighted by atomic mass is 9.83. The number of halogens is 1. The van der Waals surface area contributed by atoms with Crippen LogP contribution in [0.5, 0.6) is 0 Å². The Morgan fingerprint density at radius 1 is 1.20 bits per heavy atom. The molecule has 1 aromatic carbocycles. The Kier molecular flexibility index (Phi) is 6.91. The van der Waals surface area contributed by atoms with Crippen molar-refractivity contribution in [1.29, 1.82) is 0 Å². The molecule has 1 saturated carbocycles. The number of rotatable bonds is 5. The van der Waals surface area contributed by atoms with Gasteiger partial charge >= 0.3 is 12.0 Å². The van der Waals surface area contributed by atoms with Gasteiger partial charge < -0.3 is 14.9 Å². The number of fused-ring (bicyclic) bond motifs is 1. The standard InChI is InChI=1S/C22H30N4O3.ClH/c1-15-23-20-13-19(9-6-17(20)14-24(15)2)26-12-11-25(22(26)29)18-7-3-16(4-8-18)5-10-21(27)28;/h6,9,13,16,18H,3-5,7-8,10-12,14H2,1-2H3,(H,27,28);1H/t16-,18-;. The maximum atomic E-state index is 13.1. The highest BCUT2D eigenvalue weighted by molar-refractivity contribution is 5.95. The van der Waals surface area contributed by atoms with E-state index in [4.69, 9.17) is 5.11 Å². The Bertz CT molecular complexity index is 836. The minimum atomic E-state index is -0.714. The highest BCUT2D eigenvalue weighted by Crippen LogP contribution is 2.35. The molecule has 2 fully saturated rings. The van der Waals surface area contributed by atoms with E-state index in [1.165, 1.54) is 5.56 Å². The first kappa shape index (κ1) is 22.4. The molecule has 0 atom stereocenters. The van der Waals surface area contributed by atoms with Crippen molar-refractivity contribution < 1.29 is 14.7 Å². The van der Waals surface area contributed by atoms with E-state index in [-0.39, 0.29) is 30.9 Å². The van der Waals surface area contributed by atoms with Crippen molar-refractivity contribution in [1.82, 2.24) is 9.80 Å². The van der Waals surface area contributed by atoms with Crippen molar-refractivity contribution in [2.45, 2.75) is 58.0 Å². The lowest BCUT2D eigenvalue weighted by Crippen LogP contribution is -2.41. The number of carbonyl (C=O) groups is 2. The zero-order valence-corrected chi connectivity index (χ0v) is 18.5. The molecule has 0 spiro atoms. The summed E-state index contributed by atoms with van der Waals surface area (Å²) in [4.78, 5) is 34.6. The second-order valence-corrected chi connectivity index (χ2v) is 8.56. The van der Waals surface area contributed by atoms with Crippen molar-refractivity contribution in [3.05, 3.63) is 23.8 Å². The average Bonchev–Trinajstić information content (AvgIpc) is 3.09. The lowest BCUT2D eigenvalue weighted by molar-refractivity contribution is -0.137. The van der Waals surface area contributed by atoms with Crippen LogP contribution < -0.4 is 4.90 Å². The van der Waals surface area contributed by atoms with E-state index in [0.29, 0.717) is 12.5 Å². The van der Waals surface area contributed by atoms with Crippen LogP contribution in [0.25, 0.3) is 0 Å². The molecule has 1 aliphatic carbocycles. The van der Waals surface area contributed by atoms with Crippen molar-refractivity contribution in [3.63, 3.8) is 0 Å². The van der Waals surface area contributed by atoms with E-state index in [1.54, 1.807) is 0 Å². The minimum absolute atomic E-state index is 0. The highest BCUT2D eigenvalue weighted by Gasteiger charge is 2.36. The maximum Gasteiger partial charge on any atom is 0.324 e. The minimum Gasteiger partial charge on any atom is -0.481 e. The fourth-order valence-corrected chi connectivity index (χ4v) is 4.79. The van der Waals surface area contributed by atoms with Crippen molar-refractivity contribution in [2.24, 2.45) is 10.9 Å². The molecule has 2 heterocycles. The molecule has 3 aliphatic rings. The number of aliphatic carboxylic acids is 1. The lowest BCUT2D eigenvalue weighted by Gasteiger charge is -2.34. The highest BCUT2D eigenvalue weighted by atomic mass is 35.5. The summed E-state index contributed by atoms with van der Waals surface area (Å²) in [5.74, 6) is 0.758. The number of urea groups is 1. The third-order valence-corrected chi connectivity index (χ3v) is 6.69. The Balaban J connectivity index is 0.00000256. The Labute approximate surface area is 184 Å². The summed E-state index contributed by atoms with van der Waals surface area (Å²) in [6.07, 6.45) is 4.99. The SMILES string of the molecule is CC1=Nc2cc(N3CCN([C@H]4CC[C@H](CCC(=O)O)CC4)C3=O)ccc2CN1C.Cl. The number of amides is 2. The van der Waals surface area contributed by atoms with Crippen LogP contribution >= 0.6 is 12.4 Å². The molecule has 0 unspecified atom stereocenters. The summed E-state index contributed by atoms with van der Waals surface area (Å²) < 4.78 is 0. The van der Waals surface area contributed by atoms with E-state index < -0.39 is 5.97 Å². The van der Waals surface area contributed by atoms with E-state index in [1.807, 2.05) is 35.9 Å². The second-order valence-electron chi connectivity index (χ2n) is 8.56. The van der Waals surface area contributed by atoms with Gasteiger partial charge in [-0.2, -0.15) is 0 Å². The molecular formula is C22H31ClN4O3. The van der Waals surface area contributed by atoms with Gasteiger partial charge in [0.2, 0.25) is 0 Å². The van der Waals surface area contributed by atoms with Gasteiger partial charge in [-0.15, -0.1) is 12.4 Å². The number of carboxylic acid groups (broad SMARTS) is 1. The first-order chi connectivity index (χ1) is 13.9. The van der Waals surface area contributed by atoms with Crippen LogP contribution in [-0.2, 0) is 11.3 Å². The number of nitrogens with zero attached hydrogens (tertiary/aromatic N) is 4. The third-order valence-electron chi connectivity index (χ3n) is 6.69. The van der Waals surface area contributed by atoms with E-state index in [2.05, 4.69) is 16.0 Å². The van der Waals surface area contributed by atoms with Gasteiger partial charge in [-0.25, -0.2) is 9.79 Å². The van der Waals surface area contributed by atoms with Gasteiger partial charge in [0, 0.05) is 44.8 Å². The van der Waals surface area contributed by atoms with Gasteiger partial charge in [0.15, 0.2) is 0 Å². The molecule has 8 heteroatoms. The molecule has 30 heavy (non-hydrogen) atoms. The molecule has 0 bridgehead atoms. The Morgan fingerprint density at radius 2 is 1.93 bits per heavy atom. The molecule has 2 amide bonds. The second kappa shape index (κ2) is 9.25. The van der Waals surface area contributed by atoms with E-state index in [9.17, 15) is 9.59 Å². The Hall–Kier alpha value is -2.28. The summed E-state index contributed by atoms with van der Waals surface area (Å²) in [6, 6.07) is 6.52. The zero-order valence-electron chi connectivity index (χ0n) is 17.7. The van der Waals surface area contributed by atoms with E-state index >= 15 is 0 Å². The van der Waals surface area contributed by atoms with Crippen LogP contribution in [0.1, 0.15) is 51.0 Å². The number of carboxylic acids is 1. The number of hydrogen-bond donors (Lipinski definition) is 1. The fourth-order valence-electron chi connectivity index (χ4n) is 4.79. The summed E-state index contributed by atoms with van der Waals surface area (Å²) in [7, 11) is 2.04. The first-order valence-corrected chi connectivity index (χ1v) is 10.6. The van der Waals surface area contributed by atoms with Crippen molar-refractivity contribution in [2.75, 3.05) is 25.0 Å². The zero-order chi connectivity index (χ0) is 20.5. The molecule has 2 aliphatic heterocycles. The quantitative estimate of drug-likeness (QED) is 0.750. The normalized spacial score (nSPS) is 23.7. The summed E-state index contributed by atoms with van der Waals surface area (Å²) in [6.45, 7) is 4.31. The molecule has 164 valence electrons. The van der Waals surface area contributed by atoms with Gasteiger partial charge in [0.1, 0.15) is 5.84 Å². The topological polar surface area (TPSA) is 76.5 Å². The molecule has 1 saturated heterocycles. The predicted molar refractivity (Wildman–Crippen MR) is 120 cm³/mol. The van der Waals surface area contributed by atoms with Gasteiger partial charge in [-0.3, -0.25) is 9.69 Å². The molecule has 4 rings (SSSR count). The summed E-state index contributed by atoms with van der Waals surface area (Å²) in [5, 5.41) is 8.87. The van der Waals surface area contributed by atoms with Crippen LogP contribution in [0.4, 0.5) is 16.2 Å². The maximum absolute atomic E-state index is 13.1. The van der Waals surface area contributed by atoms with Crippen LogP contribution in [0.3, 0.4) is 0 Å². The average molecular weight is 435 g/mol. The smallest absolute Gasteiger partial charge is 0.324 e. The van der Waals surface area contributed by atoms with Gasteiger partial charge in [0.05, 0.1) is 5.69 Å². The largest absolute Gasteiger partial charge is 0.481 e. The first-order valence-electron chi connectivity index (χ1n) is 10.6. The molecule has 0 aromatic heterocycles. The number of anilines is 1. The predicted octanol–water partition coefficient (Wildman–Crippen LogP) is 4.27. The van der Waals surface area contributed by atoms with Crippen molar-refractivity contribution >= 4 is 41.6 Å². The fraction of sp³-hybridized carbons (Fsp3) is 0.591. The van der Waals surface area contributed by atoms with E-state index in [0.717, 1.165) is 62.4 Å². The molecule has 7 nitrogen and oxygen atoms in total. The Morgan fingerprint density at radius 3 is 2.63 bits per heavy atom. The number of amidine groups is 1. The molecule has 1 aromatic rings. The number of benzene rings is 1. The van der Waals surface area contributed by atoms with Gasteiger partial charge in [0.25, 0.3) is 0 Å². The van der Waals surface area contributed by atoms with Crippen LogP contribution in [-0.4, -0.2) is 58.9 Å². The van der Waals surface area contributed by atoms with Gasteiger partial charge in [-0.1, -0.05) is 6.07 Å². The third kappa shape index (κ3) is 4.56. The van der Waals surface area contributed by atoms with Crippen LogP contribution in [0.2, 0.25) is 0 Å². The van der Waals surface area contributed by atoms with Gasteiger partial charge in [-0.05, 0) is 62.6 Å². The van der Waals surface area contributed by atoms with Crippen LogP contribution in [0, 0.1) is 5.92 Å². The number of carbonyl (C=O) groups excluding carboxylic acids is 1.